The predicted octanol–water partition coefficient (Wildman–Crippen LogP) is 2.26. The molecular weight excluding hydrogens is 214 g/mol. The first-order valence-corrected chi connectivity index (χ1v) is 6.00. The number of benzene rings is 1. The minimum absolute atomic E-state index is 0.114. The van der Waals surface area contributed by atoms with Crippen molar-refractivity contribution in [2.75, 3.05) is 6.61 Å². The van der Waals surface area contributed by atoms with Gasteiger partial charge in [0.2, 0.25) is 0 Å². The van der Waals surface area contributed by atoms with E-state index < -0.39 is 0 Å². The van der Waals surface area contributed by atoms with E-state index in [2.05, 4.69) is 17.6 Å². The number of hydrogen-bond donors (Lipinski definition) is 0. The van der Waals surface area contributed by atoms with Gasteiger partial charge in [-0.1, -0.05) is 0 Å². The highest BCUT2D eigenvalue weighted by Crippen LogP contribution is 2.29. The van der Waals surface area contributed by atoms with Crippen molar-refractivity contribution in [2.24, 2.45) is 0 Å². The number of hydrogen-bond acceptors (Lipinski definition) is 2. The summed E-state index contributed by atoms with van der Waals surface area (Å²) in [6.45, 7) is 5.55. The lowest BCUT2D eigenvalue weighted by molar-refractivity contribution is 0.357. The molecule has 0 unspecified atom stereocenters. The van der Waals surface area contributed by atoms with Gasteiger partial charge < -0.3 is 9.30 Å². The van der Waals surface area contributed by atoms with Crippen molar-refractivity contribution in [1.29, 1.82) is 0 Å². The summed E-state index contributed by atoms with van der Waals surface area (Å²) < 4.78 is 7.66. The number of rotatable bonds is 1. The Morgan fingerprint density at radius 1 is 1.41 bits per heavy atom. The summed E-state index contributed by atoms with van der Waals surface area (Å²) in [5.41, 5.74) is 3.13. The van der Waals surface area contributed by atoms with Gasteiger partial charge in [-0.05, 0) is 31.5 Å². The number of aryl methyl sites for hydroxylation is 2. The lowest BCUT2D eigenvalue weighted by Crippen LogP contribution is -2.11. The van der Waals surface area contributed by atoms with Crippen molar-refractivity contribution in [3.05, 3.63) is 39.7 Å². The lowest BCUT2D eigenvalue weighted by Gasteiger charge is -2.11. The quantitative estimate of drug-likeness (QED) is 0.751. The molecule has 0 radical (unpaired) electrons. The van der Waals surface area contributed by atoms with Crippen LogP contribution < -0.4 is 10.2 Å². The van der Waals surface area contributed by atoms with E-state index in [-0.39, 0.29) is 5.43 Å². The molecule has 0 spiro atoms. The molecule has 0 N–H and O–H groups in total. The fourth-order valence-corrected chi connectivity index (χ4v) is 2.47. The van der Waals surface area contributed by atoms with Crippen molar-refractivity contribution in [3.63, 3.8) is 0 Å². The molecule has 3 rings (SSSR count). The molecule has 0 fully saturated rings. The highest BCUT2D eigenvalue weighted by molar-refractivity contribution is 5.82. The highest BCUT2D eigenvalue weighted by atomic mass is 16.5. The van der Waals surface area contributed by atoms with Crippen molar-refractivity contribution in [2.45, 2.75) is 26.8 Å². The Hall–Kier alpha value is -1.77. The van der Waals surface area contributed by atoms with Gasteiger partial charge in [-0.25, -0.2) is 0 Å². The van der Waals surface area contributed by atoms with E-state index in [4.69, 9.17) is 4.74 Å². The molecule has 88 valence electrons. The van der Waals surface area contributed by atoms with Crippen LogP contribution >= 0.6 is 0 Å². The van der Waals surface area contributed by atoms with Crippen LogP contribution in [-0.2, 0) is 13.0 Å². The molecule has 2 aromatic rings. The average molecular weight is 229 g/mol. The highest BCUT2D eigenvalue weighted by Gasteiger charge is 2.15. The predicted molar refractivity (Wildman–Crippen MR) is 67.8 cm³/mol. The molecule has 0 saturated carbocycles. The van der Waals surface area contributed by atoms with Crippen LogP contribution in [0.4, 0.5) is 0 Å². The monoisotopic (exact) mass is 229 g/mol. The number of ether oxygens (including phenoxy) is 1. The standard InChI is InChI=1S/C14H15NO2/c1-3-15-8-9(2)14(16)11-7-13-10(4-5-17-13)6-12(11)15/h6-8H,3-5H2,1-2H3. The summed E-state index contributed by atoms with van der Waals surface area (Å²) in [5.74, 6) is 0.878. The molecule has 0 bridgehead atoms. The largest absolute Gasteiger partial charge is 0.493 e. The van der Waals surface area contributed by atoms with Crippen LogP contribution in [0.1, 0.15) is 18.1 Å². The summed E-state index contributed by atoms with van der Waals surface area (Å²) in [7, 11) is 0. The molecule has 2 heterocycles. The zero-order valence-electron chi connectivity index (χ0n) is 10.1. The molecule has 3 heteroatoms. The molecule has 0 saturated heterocycles. The first-order valence-electron chi connectivity index (χ1n) is 6.00. The Morgan fingerprint density at radius 3 is 3.00 bits per heavy atom. The first-order chi connectivity index (χ1) is 8.20. The second-order valence-electron chi connectivity index (χ2n) is 4.50. The molecule has 1 aliphatic rings. The Balaban J connectivity index is 2.45. The Kier molecular flexibility index (Phi) is 2.21. The molecule has 0 amide bonds. The molecule has 1 aromatic heterocycles. The summed E-state index contributed by atoms with van der Waals surface area (Å²) in [6.07, 6.45) is 2.88. The molecule has 3 nitrogen and oxygen atoms in total. The van der Waals surface area contributed by atoms with Gasteiger partial charge in [0.25, 0.3) is 0 Å². The van der Waals surface area contributed by atoms with E-state index >= 15 is 0 Å². The second-order valence-corrected chi connectivity index (χ2v) is 4.50. The van der Waals surface area contributed by atoms with Gasteiger partial charge in [-0.3, -0.25) is 4.79 Å². The van der Waals surface area contributed by atoms with Crippen LogP contribution in [0.2, 0.25) is 0 Å². The van der Waals surface area contributed by atoms with Crippen LogP contribution in [0.5, 0.6) is 5.75 Å². The molecular formula is C14H15NO2. The van der Waals surface area contributed by atoms with Crippen molar-refractivity contribution in [3.8, 4) is 5.75 Å². The summed E-state index contributed by atoms with van der Waals surface area (Å²) >= 11 is 0. The van der Waals surface area contributed by atoms with E-state index in [9.17, 15) is 4.79 Å². The normalized spacial score (nSPS) is 13.8. The number of aromatic nitrogens is 1. The fraction of sp³-hybridized carbons (Fsp3) is 0.357. The third-order valence-electron chi connectivity index (χ3n) is 3.41. The smallest absolute Gasteiger partial charge is 0.192 e. The van der Waals surface area contributed by atoms with Gasteiger partial charge in [-0.2, -0.15) is 0 Å². The summed E-state index contributed by atoms with van der Waals surface area (Å²) in [6, 6.07) is 4.00. The van der Waals surface area contributed by atoms with Gasteiger partial charge in [0.1, 0.15) is 5.75 Å². The zero-order chi connectivity index (χ0) is 12.0. The van der Waals surface area contributed by atoms with Crippen LogP contribution in [0.3, 0.4) is 0 Å². The number of fused-ring (bicyclic) bond motifs is 2. The van der Waals surface area contributed by atoms with Crippen LogP contribution in [0.15, 0.2) is 23.1 Å². The maximum Gasteiger partial charge on any atom is 0.192 e. The summed E-state index contributed by atoms with van der Waals surface area (Å²) in [5, 5.41) is 0.771. The maximum atomic E-state index is 12.1. The molecule has 0 atom stereocenters. The summed E-state index contributed by atoms with van der Waals surface area (Å²) in [4.78, 5) is 12.1. The van der Waals surface area contributed by atoms with Crippen LogP contribution in [0, 0.1) is 6.92 Å². The van der Waals surface area contributed by atoms with Crippen LogP contribution in [-0.4, -0.2) is 11.2 Å². The Labute approximate surface area is 99.6 Å². The minimum atomic E-state index is 0.114. The second kappa shape index (κ2) is 3.62. The van der Waals surface area contributed by atoms with Gasteiger partial charge in [0.05, 0.1) is 12.1 Å². The fourth-order valence-electron chi connectivity index (χ4n) is 2.47. The molecule has 1 aliphatic heterocycles. The molecule has 0 aliphatic carbocycles. The SMILES string of the molecule is CCn1cc(C)c(=O)c2cc3c(cc21)CCO3. The van der Waals surface area contributed by atoms with Crippen molar-refractivity contribution < 1.29 is 4.74 Å². The average Bonchev–Trinajstić information content (AvgIpc) is 2.79. The van der Waals surface area contributed by atoms with Gasteiger partial charge in [-0.15, -0.1) is 0 Å². The topological polar surface area (TPSA) is 31.2 Å². The van der Waals surface area contributed by atoms with Crippen molar-refractivity contribution in [1.82, 2.24) is 4.57 Å². The molecule has 1 aromatic carbocycles. The van der Waals surface area contributed by atoms with E-state index in [0.29, 0.717) is 0 Å². The third kappa shape index (κ3) is 1.46. The number of nitrogens with zero attached hydrogens (tertiary/aromatic N) is 1. The van der Waals surface area contributed by atoms with Gasteiger partial charge in [0, 0.05) is 30.1 Å². The Morgan fingerprint density at radius 2 is 2.24 bits per heavy atom. The van der Waals surface area contributed by atoms with E-state index in [1.54, 1.807) is 0 Å². The van der Waals surface area contributed by atoms with Crippen LogP contribution in [0.25, 0.3) is 10.9 Å². The van der Waals surface area contributed by atoms with Gasteiger partial charge in [0.15, 0.2) is 5.43 Å². The lowest BCUT2D eigenvalue weighted by atomic mass is 10.1. The van der Waals surface area contributed by atoms with E-state index in [1.165, 1.54) is 5.56 Å². The zero-order valence-corrected chi connectivity index (χ0v) is 10.1. The Bertz CT molecular complexity index is 655. The van der Waals surface area contributed by atoms with Crippen molar-refractivity contribution >= 4 is 10.9 Å². The number of pyridine rings is 1. The maximum absolute atomic E-state index is 12.1. The third-order valence-corrected chi connectivity index (χ3v) is 3.41. The minimum Gasteiger partial charge on any atom is -0.493 e. The molecule has 17 heavy (non-hydrogen) atoms. The van der Waals surface area contributed by atoms with E-state index in [0.717, 1.165) is 41.8 Å². The first kappa shape index (κ1) is 10.4. The van der Waals surface area contributed by atoms with E-state index in [1.807, 2.05) is 19.2 Å². The van der Waals surface area contributed by atoms with Gasteiger partial charge >= 0.3 is 0 Å².